The van der Waals surface area contributed by atoms with Gasteiger partial charge in [-0.3, -0.25) is 4.79 Å². The van der Waals surface area contributed by atoms with Crippen LogP contribution < -0.4 is 5.32 Å². The van der Waals surface area contributed by atoms with Crippen LogP contribution in [0.1, 0.15) is 5.56 Å². The summed E-state index contributed by atoms with van der Waals surface area (Å²) < 4.78 is 4.77. The third-order valence-corrected chi connectivity index (χ3v) is 2.93. The summed E-state index contributed by atoms with van der Waals surface area (Å²) in [5.41, 5.74) is 1.62. The van der Waals surface area contributed by atoms with Crippen LogP contribution in [0.5, 0.6) is 0 Å². The minimum Gasteiger partial charge on any atom is -0.460 e. The van der Waals surface area contributed by atoms with E-state index in [1.807, 2.05) is 6.07 Å². The van der Waals surface area contributed by atoms with Gasteiger partial charge < -0.3 is 10.1 Å². The molecule has 1 aromatic heterocycles. The molecule has 2 heterocycles. The van der Waals surface area contributed by atoms with E-state index in [1.54, 1.807) is 18.3 Å². The van der Waals surface area contributed by atoms with E-state index in [0.29, 0.717) is 17.4 Å². The number of nitrogens with one attached hydrogen (secondary N) is 1. The van der Waals surface area contributed by atoms with E-state index in [1.165, 1.54) is 0 Å². The molecule has 1 aliphatic heterocycles. The fourth-order valence-corrected chi connectivity index (χ4v) is 1.74. The van der Waals surface area contributed by atoms with Gasteiger partial charge in [-0.2, -0.15) is 0 Å². The van der Waals surface area contributed by atoms with Crippen molar-refractivity contribution in [1.29, 1.82) is 0 Å². The molecule has 0 aromatic carbocycles. The highest BCUT2D eigenvalue weighted by atomic mass is 35.5. The average molecular weight is 273 g/mol. The van der Waals surface area contributed by atoms with Crippen molar-refractivity contribution < 1.29 is 9.53 Å². The second-order valence-electron chi connectivity index (χ2n) is 3.49. The smallest absolute Gasteiger partial charge is 0.330 e. The van der Waals surface area contributed by atoms with Crippen LogP contribution in [-0.2, 0) is 16.1 Å². The third-order valence-electron chi connectivity index (χ3n) is 2.29. The maximum Gasteiger partial charge on any atom is 0.330 e. The monoisotopic (exact) mass is 272 g/mol. The predicted molar refractivity (Wildman–Crippen MR) is 64.8 cm³/mol. The maximum atomic E-state index is 11.2. The van der Waals surface area contributed by atoms with Crippen LogP contribution in [0.4, 0.5) is 0 Å². The van der Waals surface area contributed by atoms with Crippen molar-refractivity contribution in [2.24, 2.45) is 0 Å². The third kappa shape index (κ3) is 3.11. The molecule has 0 aliphatic carbocycles. The number of alkyl halides is 1. The van der Waals surface area contributed by atoms with Crippen LogP contribution in [0.2, 0.25) is 5.15 Å². The molecule has 0 fully saturated rings. The van der Waals surface area contributed by atoms with E-state index in [9.17, 15) is 4.79 Å². The van der Waals surface area contributed by atoms with Gasteiger partial charge in [0.05, 0.1) is 0 Å². The lowest BCUT2D eigenvalue weighted by Gasteiger charge is -2.19. The molecule has 2 rings (SSSR count). The quantitative estimate of drug-likeness (QED) is 0.519. The minimum absolute atomic E-state index is 0.253. The number of rotatable bonds is 3. The zero-order valence-corrected chi connectivity index (χ0v) is 10.3. The van der Waals surface area contributed by atoms with Gasteiger partial charge in [-0.05, 0) is 17.7 Å². The average Bonchev–Trinajstić information content (AvgIpc) is 2.33. The lowest BCUT2D eigenvalue weighted by atomic mass is 10.2. The fourth-order valence-electron chi connectivity index (χ4n) is 1.39. The number of hydrogen-bond acceptors (Lipinski definition) is 4. The van der Waals surface area contributed by atoms with Gasteiger partial charge in [-0.15, -0.1) is 11.6 Å². The molecule has 0 spiro atoms. The normalized spacial score (nSPS) is 19.5. The van der Waals surface area contributed by atoms with Gasteiger partial charge in [0.2, 0.25) is 0 Å². The summed E-state index contributed by atoms with van der Waals surface area (Å²) in [6.07, 6.45) is 3.42. The van der Waals surface area contributed by atoms with E-state index in [4.69, 9.17) is 27.9 Å². The Hall–Kier alpha value is -1.26. The zero-order valence-electron chi connectivity index (χ0n) is 8.82. The zero-order chi connectivity index (χ0) is 12.3. The van der Waals surface area contributed by atoms with E-state index >= 15 is 0 Å². The lowest BCUT2D eigenvalue weighted by Crippen LogP contribution is -2.32. The summed E-state index contributed by atoms with van der Waals surface area (Å²) in [4.78, 5) is 15.2. The molecule has 1 aromatic rings. The molecule has 90 valence electrons. The summed E-state index contributed by atoms with van der Waals surface area (Å²) >= 11 is 11.6. The van der Waals surface area contributed by atoms with E-state index in [0.717, 1.165) is 5.56 Å². The SMILES string of the molecule is O=C1OCC=C(NCc2ccc(Cl)nc2)C1Cl. The highest BCUT2D eigenvalue weighted by Gasteiger charge is 2.24. The van der Waals surface area contributed by atoms with Crippen LogP contribution in [0.3, 0.4) is 0 Å². The lowest BCUT2D eigenvalue weighted by molar-refractivity contribution is -0.142. The van der Waals surface area contributed by atoms with Crippen molar-refractivity contribution in [3.05, 3.63) is 40.8 Å². The molecule has 0 saturated heterocycles. The second kappa shape index (κ2) is 5.38. The standard InChI is InChI=1S/C11H10Cl2N2O2/c12-9-2-1-7(6-15-9)5-14-8-3-4-17-11(16)10(8)13/h1-3,6,10,14H,4-5H2. The molecular weight excluding hydrogens is 263 g/mol. The molecule has 0 bridgehead atoms. The number of ether oxygens (including phenoxy) is 1. The number of pyridine rings is 1. The summed E-state index contributed by atoms with van der Waals surface area (Å²) in [5, 5.41) is 2.77. The van der Waals surface area contributed by atoms with Crippen LogP contribution >= 0.6 is 23.2 Å². The van der Waals surface area contributed by atoms with Crippen LogP contribution in [0, 0.1) is 0 Å². The summed E-state index contributed by atoms with van der Waals surface area (Å²) in [5.74, 6) is -0.425. The number of halogens is 2. The highest BCUT2D eigenvalue weighted by Crippen LogP contribution is 2.15. The topological polar surface area (TPSA) is 51.2 Å². The number of carbonyl (C=O) groups excluding carboxylic acids is 1. The van der Waals surface area contributed by atoms with Gasteiger partial charge in [0.1, 0.15) is 11.8 Å². The minimum atomic E-state index is -0.760. The number of carbonyl (C=O) groups is 1. The molecule has 1 unspecified atom stereocenters. The first-order valence-electron chi connectivity index (χ1n) is 5.02. The number of cyclic esters (lactones) is 1. The Bertz CT molecular complexity index is 445. The molecule has 1 aliphatic rings. The van der Waals surface area contributed by atoms with Gasteiger partial charge in [-0.25, -0.2) is 4.98 Å². The first-order chi connectivity index (χ1) is 8.16. The molecule has 0 saturated carbocycles. The molecule has 1 N–H and O–H groups in total. The Morgan fingerprint density at radius 1 is 1.53 bits per heavy atom. The Kier molecular flexibility index (Phi) is 3.86. The predicted octanol–water partition coefficient (Wildman–Crippen LogP) is 1.87. The summed E-state index contributed by atoms with van der Waals surface area (Å²) in [6.45, 7) is 0.787. The van der Waals surface area contributed by atoms with Crippen molar-refractivity contribution in [2.45, 2.75) is 11.9 Å². The van der Waals surface area contributed by atoms with Crippen molar-refractivity contribution in [2.75, 3.05) is 6.61 Å². The van der Waals surface area contributed by atoms with E-state index in [-0.39, 0.29) is 6.61 Å². The van der Waals surface area contributed by atoms with E-state index < -0.39 is 11.3 Å². The molecule has 0 amide bonds. The van der Waals surface area contributed by atoms with Crippen LogP contribution in [0.15, 0.2) is 30.1 Å². The Morgan fingerprint density at radius 3 is 3.06 bits per heavy atom. The Morgan fingerprint density at radius 2 is 2.35 bits per heavy atom. The first-order valence-corrected chi connectivity index (χ1v) is 5.83. The molecule has 4 nitrogen and oxygen atoms in total. The highest BCUT2D eigenvalue weighted by molar-refractivity contribution is 6.32. The molecule has 0 radical (unpaired) electrons. The van der Waals surface area contributed by atoms with Crippen LogP contribution in [-0.4, -0.2) is 22.9 Å². The largest absolute Gasteiger partial charge is 0.460 e. The van der Waals surface area contributed by atoms with Crippen LogP contribution in [0.25, 0.3) is 0 Å². The van der Waals surface area contributed by atoms with E-state index in [2.05, 4.69) is 10.3 Å². The van der Waals surface area contributed by atoms with Crippen molar-refractivity contribution in [1.82, 2.24) is 10.3 Å². The summed E-state index contributed by atoms with van der Waals surface area (Å²) in [6, 6.07) is 3.56. The number of aromatic nitrogens is 1. The number of nitrogens with zero attached hydrogens (tertiary/aromatic N) is 1. The second-order valence-corrected chi connectivity index (χ2v) is 4.32. The number of esters is 1. The fraction of sp³-hybridized carbons (Fsp3) is 0.273. The van der Waals surface area contributed by atoms with Gasteiger partial charge in [0.25, 0.3) is 0 Å². The van der Waals surface area contributed by atoms with Crippen molar-refractivity contribution in [3.63, 3.8) is 0 Å². The molecule has 1 atom stereocenters. The molecular formula is C11H10Cl2N2O2. The maximum absolute atomic E-state index is 11.2. The first kappa shape index (κ1) is 12.2. The van der Waals surface area contributed by atoms with Gasteiger partial charge in [0, 0.05) is 18.4 Å². The van der Waals surface area contributed by atoms with Gasteiger partial charge in [-0.1, -0.05) is 17.7 Å². The summed E-state index contributed by atoms with van der Waals surface area (Å²) in [7, 11) is 0. The number of hydrogen-bond donors (Lipinski definition) is 1. The Balaban J connectivity index is 1.96. The molecule has 17 heavy (non-hydrogen) atoms. The Labute approximate surface area is 109 Å². The van der Waals surface area contributed by atoms with Gasteiger partial charge in [0.15, 0.2) is 5.38 Å². The molecule has 6 heteroatoms. The van der Waals surface area contributed by atoms with Crippen molar-refractivity contribution >= 4 is 29.2 Å². The van der Waals surface area contributed by atoms with Gasteiger partial charge >= 0.3 is 5.97 Å². The van der Waals surface area contributed by atoms with Crippen molar-refractivity contribution in [3.8, 4) is 0 Å².